The second-order valence-electron chi connectivity index (χ2n) is 16.2. The van der Waals surface area contributed by atoms with Crippen LogP contribution in [0.15, 0.2) is 231 Å². The van der Waals surface area contributed by atoms with Crippen LogP contribution in [0.3, 0.4) is 0 Å². The molecule has 3 heterocycles. The van der Waals surface area contributed by atoms with Crippen molar-refractivity contribution in [2.45, 2.75) is 0 Å². The maximum Gasteiger partial charge on any atom is 0.160 e. The Labute approximate surface area is 370 Å². The monoisotopic (exact) mass is 814 g/mol. The smallest absolute Gasteiger partial charge is 0.160 e. The van der Waals surface area contributed by atoms with Crippen LogP contribution in [-0.2, 0) is 0 Å². The van der Waals surface area contributed by atoms with Crippen LogP contribution in [0.25, 0.3) is 122 Å². The van der Waals surface area contributed by atoms with E-state index < -0.39 is 0 Å². The fraction of sp³-hybridized carbons (Fsp3) is 0. The van der Waals surface area contributed by atoms with Crippen LogP contribution >= 0.6 is 0 Å². The van der Waals surface area contributed by atoms with Crippen molar-refractivity contribution in [2.24, 2.45) is 0 Å². The highest BCUT2D eigenvalue weighted by atomic mass is 14.9. The Morgan fingerprint density at radius 3 is 1.11 bits per heavy atom. The van der Waals surface area contributed by atoms with Gasteiger partial charge in [0.2, 0.25) is 0 Å². The molecular formula is C60H38N4. The lowest BCUT2D eigenvalue weighted by Gasteiger charge is -2.19. The number of hydrogen-bond acceptors (Lipinski definition) is 4. The minimum Gasteiger partial charge on any atom is -0.256 e. The van der Waals surface area contributed by atoms with E-state index >= 15 is 0 Å². The lowest BCUT2D eigenvalue weighted by Crippen LogP contribution is -1.97. The van der Waals surface area contributed by atoms with E-state index in [-0.39, 0.29) is 0 Å². The van der Waals surface area contributed by atoms with E-state index in [1.54, 1.807) is 0 Å². The SMILES string of the molecule is c1ccc(-c2ccc(-c3cc(-c4ccc(-c5ccccn5)cc4)nc(-c4ccc5c(-c6ccc7ccccc7c6)c6ccccc6c(-c6ccc7ccccc7c6)c5c4)n3)cc2)nc1. The fourth-order valence-electron chi connectivity index (χ4n) is 9.19. The van der Waals surface area contributed by atoms with Crippen LogP contribution in [0.1, 0.15) is 0 Å². The van der Waals surface area contributed by atoms with Gasteiger partial charge in [-0.25, -0.2) is 9.97 Å². The minimum atomic E-state index is 0.655. The minimum absolute atomic E-state index is 0.655. The zero-order valence-electron chi connectivity index (χ0n) is 34.7. The molecule has 0 radical (unpaired) electrons. The molecule has 0 saturated heterocycles. The molecule has 0 aliphatic carbocycles. The van der Waals surface area contributed by atoms with Crippen molar-refractivity contribution in [2.75, 3.05) is 0 Å². The van der Waals surface area contributed by atoms with Gasteiger partial charge in [0.05, 0.1) is 22.8 Å². The number of nitrogens with zero attached hydrogens (tertiary/aromatic N) is 4. The second-order valence-corrected chi connectivity index (χ2v) is 16.2. The van der Waals surface area contributed by atoms with Crippen LogP contribution in [0.5, 0.6) is 0 Å². The Hall–Kier alpha value is -8.60. The van der Waals surface area contributed by atoms with Crippen molar-refractivity contribution in [3.63, 3.8) is 0 Å². The van der Waals surface area contributed by atoms with Gasteiger partial charge in [0.25, 0.3) is 0 Å². The van der Waals surface area contributed by atoms with E-state index in [4.69, 9.17) is 9.97 Å². The fourth-order valence-corrected chi connectivity index (χ4v) is 9.19. The van der Waals surface area contributed by atoms with E-state index in [2.05, 4.69) is 192 Å². The zero-order valence-corrected chi connectivity index (χ0v) is 34.7. The van der Waals surface area contributed by atoms with E-state index in [1.807, 2.05) is 48.8 Å². The molecule has 0 N–H and O–H groups in total. The molecule has 4 heteroatoms. The molecule has 12 aromatic rings. The van der Waals surface area contributed by atoms with E-state index in [1.165, 1.54) is 60.0 Å². The predicted octanol–water partition coefficient (Wildman–Crippen LogP) is 15.5. The molecule has 0 bridgehead atoms. The molecule has 0 fully saturated rings. The van der Waals surface area contributed by atoms with Crippen LogP contribution in [0, 0.1) is 0 Å². The Morgan fingerprint density at radius 2 is 0.625 bits per heavy atom. The standard InChI is InChI=1S/C60H38N4/c1-3-13-45-35-47(29-19-39(45)11-1)58-50-15-5-6-16-51(50)59(48-30-20-40-12-2-4-14-46(40)36-48)53-37-49(31-32-52(53)58)60-63-56(43-25-21-41(22-26-43)54-17-7-9-33-61-54)38-57(64-60)44-27-23-42(24-28-44)55-18-8-10-34-62-55/h1-38H. The molecule has 9 aromatic carbocycles. The van der Waals surface area contributed by atoms with Crippen LogP contribution in [-0.4, -0.2) is 19.9 Å². The summed E-state index contributed by atoms with van der Waals surface area (Å²) in [6.07, 6.45) is 3.65. The largest absolute Gasteiger partial charge is 0.256 e. The molecule has 4 nitrogen and oxygen atoms in total. The number of rotatable bonds is 7. The van der Waals surface area contributed by atoms with Crippen molar-refractivity contribution in [1.29, 1.82) is 0 Å². The van der Waals surface area contributed by atoms with Gasteiger partial charge in [0.1, 0.15) is 0 Å². The number of aromatic nitrogens is 4. The molecule has 3 aromatic heterocycles. The Morgan fingerprint density at radius 1 is 0.234 bits per heavy atom. The lowest BCUT2D eigenvalue weighted by atomic mass is 9.84. The number of fused-ring (bicyclic) bond motifs is 4. The van der Waals surface area contributed by atoms with Gasteiger partial charge in [-0.3, -0.25) is 9.97 Å². The highest BCUT2D eigenvalue weighted by Gasteiger charge is 2.20. The number of pyridine rings is 2. The molecule has 0 aliphatic heterocycles. The van der Waals surface area contributed by atoms with E-state index in [9.17, 15) is 0 Å². The maximum absolute atomic E-state index is 5.36. The van der Waals surface area contributed by atoms with Gasteiger partial charge in [-0.05, 0) is 114 Å². The molecular weight excluding hydrogens is 777 g/mol. The normalized spacial score (nSPS) is 11.4. The van der Waals surface area contributed by atoms with Crippen molar-refractivity contribution >= 4 is 43.1 Å². The van der Waals surface area contributed by atoms with Crippen molar-refractivity contribution in [3.05, 3.63) is 231 Å². The average Bonchev–Trinajstić information content (AvgIpc) is 3.38. The molecule has 0 atom stereocenters. The maximum atomic E-state index is 5.36. The summed E-state index contributed by atoms with van der Waals surface area (Å²) in [6.45, 7) is 0. The van der Waals surface area contributed by atoms with Crippen molar-refractivity contribution in [3.8, 4) is 78.7 Å². The van der Waals surface area contributed by atoms with Crippen molar-refractivity contribution < 1.29 is 0 Å². The first-order chi connectivity index (χ1) is 31.7. The molecule has 12 rings (SSSR count). The lowest BCUT2D eigenvalue weighted by molar-refractivity contribution is 1.18. The summed E-state index contributed by atoms with van der Waals surface area (Å²) < 4.78 is 0. The molecule has 0 unspecified atom stereocenters. The van der Waals surface area contributed by atoms with E-state index in [0.29, 0.717) is 5.82 Å². The summed E-state index contributed by atoms with van der Waals surface area (Å²) in [6, 6.07) is 77.6. The Bertz CT molecular complexity index is 3590. The van der Waals surface area contributed by atoms with Crippen LogP contribution in [0.4, 0.5) is 0 Å². The van der Waals surface area contributed by atoms with Crippen molar-refractivity contribution in [1.82, 2.24) is 19.9 Å². The van der Waals surface area contributed by atoms with Gasteiger partial charge in [-0.2, -0.15) is 0 Å². The quantitative estimate of drug-likeness (QED) is 0.150. The van der Waals surface area contributed by atoms with Gasteiger partial charge < -0.3 is 0 Å². The summed E-state index contributed by atoms with van der Waals surface area (Å²) in [5.41, 5.74) is 13.3. The summed E-state index contributed by atoms with van der Waals surface area (Å²) in [5, 5.41) is 9.58. The van der Waals surface area contributed by atoms with Gasteiger partial charge in [-0.15, -0.1) is 0 Å². The third-order valence-electron chi connectivity index (χ3n) is 12.4. The Kier molecular flexibility index (Phi) is 9.12. The van der Waals surface area contributed by atoms with Gasteiger partial charge in [-0.1, -0.05) is 170 Å². The molecule has 0 saturated carbocycles. The second kappa shape index (κ2) is 15.7. The third kappa shape index (κ3) is 6.75. The summed E-state index contributed by atoms with van der Waals surface area (Å²) in [5.74, 6) is 0.655. The predicted molar refractivity (Wildman–Crippen MR) is 266 cm³/mol. The first-order valence-electron chi connectivity index (χ1n) is 21.6. The number of benzene rings is 9. The van der Waals surface area contributed by atoms with E-state index in [0.717, 1.165) is 56.0 Å². The molecule has 0 aliphatic rings. The van der Waals surface area contributed by atoms with Gasteiger partial charge in [0.15, 0.2) is 5.82 Å². The molecule has 0 spiro atoms. The van der Waals surface area contributed by atoms with Gasteiger partial charge in [0, 0.05) is 40.2 Å². The number of hydrogen-bond donors (Lipinski definition) is 0. The topological polar surface area (TPSA) is 51.6 Å². The summed E-state index contributed by atoms with van der Waals surface area (Å²) >= 11 is 0. The zero-order chi connectivity index (χ0) is 42.4. The molecule has 64 heavy (non-hydrogen) atoms. The third-order valence-corrected chi connectivity index (χ3v) is 12.4. The summed E-state index contributed by atoms with van der Waals surface area (Å²) in [4.78, 5) is 19.9. The molecule has 298 valence electrons. The summed E-state index contributed by atoms with van der Waals surface area (Å²) in [7, 11) is 0. The van der Waals surface area contributed by atoms with Crippen LogP contribution < -0.4 is 0 Å². The Balaban J connectivity index is 1.09. The highest BCUT2D eigenvalue weighted by Crippen LogP contribution is 2.46. The average molecular weight is 815 g/mol. The first kappa shape index (κ1) is 37.2. The highest BCUT2D eigenvalue weighted by molar-refractivity contribution is 6.22. The first-order valence-corrected chi connectivity index (χ1v) is 21.6. The molecule has 0 amide bonds. The van der Waals surface area contributed by atoms with Gasteiger partial charge >= 0.3 is 0 Å². The van der Waals surface area contributed by atoms with Crippen LogP contribution in [0.2, 0.25) is 0 Å².